The number of carbonyl (C=O) groups is 1. The number of fused-ring (bicyclic) bond motifs is 1. The first kappa shape index (κ1) is 7.50. The summed E-state index contributed by atoms with van der Waals surface area (Å²) in [5.74, 6) is 0.495. The van der Waals surface area contributed by atoms with Crippen LogP contribution in [0.5, 0.6) is 0 Å². The van der Waals surface area contributed by atoms with E-state index in [1.54, 1.807) is 0 Å². The Hall–Kier alpha value is -1.15. The molecule has 0 saturated heterocycles. The fourth-order valence-corrected chi connectivity index (χ4v) is 1.76. The second kappa shape index (κ2) is 2.72. The predicted octanol–water partition coefficient (Wildman–Crippen LogP) is 1.32. The molecule has 0 spiro atoms. The quantitative estimate of drug-likeness (QED) is 0.675. The van der Waals surface area contributed by atoms with E-state index in [1.165, 1.54) is 0 Å². The van der Waals surface area contributed by atoms with Crippen LogP contribution < -0.4 is 5.73 Å². The molecule has 1 aliphatic carbocycles. The lowest BCUT2D eigenvalue weighted by molar-refractivity contribution is 0.0989. The standard InChI is InChI=1S/C10H11NO/c11-6-7-5-10(12)9-4-2-1-3-8(7)9/h1-4,7H,5-6,11H2/t7-/m0/s1. The molecule has 0 aromatic heterocycles. The van der Waals surface area contributed by atoms with Crippen LogP contribution in [0.25, 0.3) is 0 Å². The van der Waals surface area contributed by atoms with E-state index in [-0.39, 0.29) is 11.7 Å². The molecular weight excluding hydrogens is 150 g/mol. The van der Waals surface area contributed by atoms with Crippen molar-refractivity contribution in [1.82, 2.24) is 0 Å². The highest BCUT2D eigenvalue weighted by Gasteiger charge is 2.27. The first-order chi connectivity index (χ1) is 5.83. The highest BCUT2D eigenvalue weighted by atomic mass is 16.1. The van der Waals surface area contributed by atoms with Crippen molar-refractivity contribution in [3.05, 3.63) is 35.4 Å². The summed E-state index contributed by atoms with van der Waals surface area (Å²) in [6.45, 7) is 0.572. The topological polar surface area (TPSA) is 43.1 Å². The van der Waals surface area contributed by atoms with Gasteiger partial charge in [0.25, 0.3) is 0 Å². The Labute approximate surface area is 71.4 Å². The Balaban J connectivity index is 2.50. The van der Waals surface area contributed by atoms with Gasteiger partial charge < -0.3 is 5.73 Å². The summed E-state index contributed by atoms with van der Waals surface area (Å²) in [6.07, 6.45) is 0.593. The summed E-state index contributed by atoms with van der Waals surface area (Å²) < 4.78 is 0. The second-order valence-corrected chi connectivity index (χ2v) is 3.15. The molecule has 0 heterocycles. The maximum absolute atomic E-state index is 11.4. The molecule has 0 amide bonds. The van der Waals surface area contributed by atoms with Gasteiger partial charge in [-0.15, -0.1) is 0 Å². The Morgan fingerprint density at radius 1 is 1.42 bits per heavy atom. The predicted molar refractivity (Wildman–Crippen MR) is 47.2 cm³/mol. The van der Waals surface area contributed by atoms with Crippen LogP contribution in [0.15, 0.2) is 24.3 Å². The fourth-order valence-electron chi connectivity index (χ4n) is 1.76. The zero-order valence-electron chi connectivity index (χ0n) is 6.79. The first-order valence-corrected chi connectivity index (χ1v) is 4.15. The fraction of sp³-hybridized carbons (Fsp3) is 0.300. The SMILES string of the molecule is NC[C@@H]1CC(=O)c2ccccc21. The summed E-state index contributed by atoms with van der Waals surface area (Å²) in [5, 5.41) is 0. The molecule has 2 rings (SSSR count). The van der Waals surface area contributed by atoms with Gasteiger partial charge in [-0.25, -0.2) is 0 Å². The average molecular weight is 161 g/mol. The van der Waals surface area contributed by atoms with Crippen LogP contribution in [0, 0.1) is 0 Å². The number of ketones is 1. The minimum Gasteiger partial charge on any atom is -0.330 e. The van der Waals surface area contributed by atoms with Gasteiger partial charge in [0.15, 0.2) is 5.78 Å². The molecule has 2 N–H and O–H groups in total. The number of nitrogens with two attached hydrogens (primary N) is 1. The molecular formula is C10H11NO. The first-order valence-electron chi connectivity index (χ1n) is 4.15. The van der Waals surface area contributed by atoms with Crippen molar-refractivity contribution < 1.29 is 4.79 Å². The molecule has 0 radical (unpaired) electrons. The number of Topliss-reactive ketones (excluding diaryl/α,β-unsaturated/α-hetero) is 1. The lowest BCUT2D eigenvalue weighted by Crippen LogP contribution is -2.09. The van der Waals surface area contributed by atoms with Gasteiger partial charge in [0.2, 0.25) is 0 Å². The van der Waals surface area contributed by atoms with Crippen molar-refractivity contribution in [3.63, 3.8) is 0 Å². The third-order valence-electron chi connectivity index (χ3n) is 2.42. The highest BCUT2D eigenvalue weighted by molar-refractivity contribution is 6.01. The van der Waals surface area contributed by atoms with E-state index < -0.39 is 0 Å². The minimum absolute atomic E-state index is 0.237. The van der Waals surface area contributed by atoms with Crippen LogP contribution in [-0.2, 0) is 0 Å². The molecule has 0 unspecified atom stereocenters. The van der Waals surface area contributed by atoms with Gasteiger partial charge in [0.1, 0.15) is 0 Å². The van der Waals surface area contributed by atoms with Gasteiger partial charge in [-0.05, 0) is 12.1 Å². The molecule has 2 nitrogen and oxygen atoms in total. The maximum atomic E-state index is 11.4. The highest BCUT2D eigenvalue weighted by Crippen LogP contribution is 2.31. The number of carbonyl (C=O) groups excluding carboxylic acids is 1. The van der Waals surface area contributed by atoms with E-state index in [0.717, 1.165) is 11.1 Å². The largest absolute Gasteiger partial charge is 0.330 e. The van der Waals surface area contributed by atoms with E-state index >= 15 is 0 Å². The minimum atomic E-state index is 0.237. The van der Waals surface area contributed by atoms with E-state index in [9.17, 15) is 4.79 Å². The summed E-state index contributed by atoms with van der Waals surface area (Å²) in [6, 6.07) is 7.74. The summed E-state index contributed by atoms with van der Waals surface area (Å²) in [4.78, 5) is 11.4. The third kappa shape index (κ3) is 0.959. The van der Waals surface area contributed by atoms with Crippen LogP contribution in [0.3, 0.4) is 0 Å². The smallest absolute Gasteiger partial charge is 0.163 e. The monoisotopic (exact) mass is 161 g/mol. The molecule has 0 aliphatic heterocycles. The Bertz CT molecular complexity index is 319. The third-order valence-corrected chi connectivity index (χ3v) is 2.42. The van der Waals surface area contributed by atoms with Gasteiger partial charge >= 0.3 is 0 Å². The number of hydrogen-bond acceptors (Lipinski definition) is 2. The second-order valence-electron chi connectivity index (χ2n) is 3.15. The van der Waals surface area contributed by atoms with Crippen LogP contribution in [0.4, 0.5) is 0 Å². The molecule has 0 saturated carbocycles. The Morgan fingerprint density at radius 3 is 2.92 bits per heavy atom. The Morgan fingerprint density at radius 2 is 2.17 bits per heavy atom. The number of rotatable bonds is 1. The van der Waals surface area contributed by atoms with E-state index in [4.69, 9.17) is 5.73 Å². The summed E-state index contributed by atoms with van der Waals surface area (Å²) >= 11 is 0. The molecule has 1 aromatic rings. The lowest BCUT2D eigenvalue weighted by Gasteiger charge is -2.04. The van der Waals surface area contributed by atoms with Gasteiger partial charge in [-0.2, -0.15) is 0 Å². The lowest BCUT2D eigenvalue weighted by atomic mass is 10.0. The van der Waals surface area contributed by atoms with Crippen LogP contribution in [0.1, 0.15) is 28.3 Å². The Kier molecular flexibility index (Phi) is 1.70. The van der Waals surface area contributed by atoms with Gasteiger partial charge in [-0.1, -0.05) is 24.3 Å². The van der Waals surface area contributed by atoms with Crippen molar-refractivity contribution in [2.24, 2.45) is 5.73 Å². The van der Waals surface area contributed by atoms with E-state index in [2.05, 4.69) is 0 Å². The zero-order valence-corrected chi connectivity index (χ0v) is 6.79. The molecule has 1 aromatic carbocycles. The van der Waals surface area contributed by atoms with E-state index in [1.807, 2.05) is 24.3 Å². The molecule has 1 aliphatic rings. The normalized spacial score (nSPS) is 21.1. The van der Waals surface area contributed by atoms with Crippen LogP contribution >= 0.6 is 0 Å². The van der Waals surface area contributed by atoms with Gasteiger partial charge in [0, 0.05) is 17.9 Å². The van der Waals surface area contributed by atoms with E-state index in [0.29, 0.717) is 13.0 Å². The van der Waals surface area contributed by atoms with Gasteiger partial charge in [-0.3, -0.25) is 4.79 Å². The number of hydrogen-bond donors (Lipinski definition) is 1. The summed E-state index contributed by atoms with van der Waals surface area (Å²) in [7, 11) is 0. The number of benzene rings is 1. The summed E-state index contributed by atoms with van der Waals surface area (Å²) in [5.41, 5.74) is 7.56. The van der Waals surface area contributed by atoms with Crippen molar-refractivity contribution >= 4 is 5.78 Å². The van der Waals surface area contributed by atoms with Crippen LogP contribution in [-0.4, -0.2) is 12.3 Å². The average Bonchev–Trinajstić information content (AvgIpc) is 2.44. The molecule has 2 heteroatoms. The maximum Gasteiger partial charge on any atom is 0.163 e. The zero-order chi connectivity index (χ0) is 8.55. The van der Waals surface area contributed by atoms with Crippen molar-refractivity contribution in [2.75, 3.05) is 6.54 Å². The molecule has 0 bridgehead atoms. The molecule has 1 atom stereocenters. The van der Waals surface area contributed by atoms with Crippen molar-refractivity contribution in [1.29, 1.82) is 0 Å². The van der Waals surface area contributed by atoms with Crippen molar-refractivity contribution in [2.45, 2.75) is 12.3 Å². The van der Waals surface area contributed by atoms with Crippen molar-refractivity contribution in [3.8, 4) is 0 Å². The van der Waals surface area contributed by atoms with Crippen LogP contribution in [0.2, 0.25) is 0 Å². The molecule has 12 heavy (non-hydrogen) atoms. The molecule has 0 fully saturated rings. The van der Waals surface area contributed by atoms with Gasteiger partial charge in [0.05, 0.1) is 0 Å². The molecule has 62 valence electrons.